The Morgan fingerprint density at radius 2 is 2.09 bits per heavy atom. The second-order valence-corrected chi connectivity index (χ2v) is 5.65. The van der Waals surface area contributed by atoms with Crippen LogP contribution in [0, 0.1) is 0 Å². The van der Waals surface area contributed by atoms with Crippen molar-refractivity contribution in [3.8, 4) is 5.88 Å². The largest absolute Gasteiger partial charge is 0.480 e. The summed E-state index contributed by atoms with van der Waals surface area (Å²) in [7, 11) is 3.29. The van der Waals surface area contributed by atoms with E-state index >= 15 is 0 Å². The lowest BCUT2D eigenvalue weighted by Crippen LogP contribution is -2.38. The van der Waals surface area contributed by atoms with Gasteiger partial charge in [-0.05, 0) is 23.3 Å². The number of benzene rings is 1. The summed E-state index contributed by atoms with van der Waals surface area (Å²) in [6.45, 7) is 1.13. The Kier molecular flexibility index (Phi) is 4.57. The zero-order valence-corrected chi connectivity index (χ0v) is 13.4. The average molecular weight is 312 g/mol. The number of hydrogen-bond acceptors (Lipinski definition) is 4. The molecule has 3 rings (SSSR count). The van der Waals surface area contributed by atoms with Crippen LogP contribution in [0.3, 0.4) is 0 Å². The van der Waals surface area contributed by atoms with Gasteiger partial charge in [-0.2, -0.15) is 0 Å². The monoisotopic (exact) mass is 312 g/mol. The second-order valence-electron chi connectivity index (χ2n) is 5.65. The fourth-order valence-electron chi connectivity index (χ4n) is 2.84. The fourth-order valence-corrected chi connectivity index (χ4v) is 2.84. The number of rotatable bonds is 4. The highest BCUT2D eigenvalue weighted by Gasteiger charge is 2.24. The molecule has 1 aliphatic rings. The molecule has 0 spiro atoms. The molecule has 1 aromatic heterocycles. The number of ether oxygens (including phenoxy) is 2. The number of methoxy groups -OCH3 is 1. The molecule has 0 aliphatic carbocycles. The molecule has 5 nitrogen and oxygen atoms in total. The molecule has 1 aromatic carbocycles. The predicted octanol–water partition coefficient (Wildman–Crippen LogP) is 2.30. The summed E-state index contributed by atoms with van der Waals surface area (Å²) in [5, 5.41) is 0. The zero-order chi connectivity index (χ0) is 16.2. The number of pyridine rings is 1. The summed E-state index contributed by atoms with van der Waals surface area (Å²) < 4.78 is 11.0. The topological polar surface area (TPSA) is 51.7 Å². The summed E-state index contributed by atoms with van der Waals surface area (Å²) in [6, 6.07) is 11.7. The molecule has 23 heavy (non-hydrogen) atoms. The van der Waals surface area contributed by atoms with Crippen molar-refractivity contribution >= 4 is 5.91 Å². The first-order valence-electron chi connectivity index (χ1n) is 7.62. The third-order valence-electron chi connectivity index (χ3n) is 4.06. The number of carbonyl (C=O) groups excluding carboxylic acids is 1. The first kappa shape index (κ1) is 15.5. The maximum absolute atomic E-state index is 12.6. The maximum atomic E-state index is 12.6. The van der Waals surface area contributed by atoms with Crippen molar-refractivity contribution in [3.63, 3.8) is 0 Å². The SMILES string of the molecule is COc1ncccc1C(=O)N(C)CC1Cc2ccccc2CO1. The van der Waals surface area contributed by atoms with Gasteiger partial charge in [-0.15, -0.1) is 0 Å². The van der Waals surface area contributed by atoms with Crippen LogP contribution < -0.4 is 4.74 Å². The van der Waals surface area contributed by atoms with E-state index in [0.717, 1.165) is 6.42 Å². The third-order valence-corrected chi connectivity index (χ3v) is 4.06. The van der Waals surface area contributed by atoms with E-state index in [1.54, 1.807) is 30.3 Å². The molecule has 0 N–H and O–H groups in total. The Morgan fingerprint density at radius 1 is 1.30 bits per heavy atom. The van der Waals surface area contributed by atoms with Crippen LogP contribution in [0.4, 0.5) is 0 Å². The summed E-state index contributed by atoms with van der Waals surface area (Å²) >= 11 is 0. The van der Waals surface area contributed by atoms with Crippen molar-refractivity contribution in [1.82, 2.24) is 9.88 Å². The van der Waals surface area contributed by atoms with Gasteiger partial charge in [0, 0.05) is 26.2 Å². The molecule has 1 amide bonds. The van der Waals surface area contributed by atoms with Crippen LogP contribution in [0.25, 0.3) is 0 Å². The summed E-state index contributed by atoms with van der Waals surface area (Å²) in [6.07, 6.45) is 2.43. The standard InChI is InChI=1S/C18H20N2O3/c1-20(18(21)16-8-5-9-19-17(16)22-2)11-15-10-13-6-3-4-7-14(13)12-23-15/h3-9,15H,10-12H2,1-2H3. The Balaban J connectivity index is 1.68. The van der Waals surface area contributed by atoms with Gasteiger partial charge in [0.15, 0.2) is 0 Å². The minimum Gasteiger partial charge on any atom is -0.480 e. The van der Waals surface area contributed by atoms with E-state index in [2.05, 4.69) is 17.1 Å². The highest BCUT2D eigenvalue weighted by atomic mass is 16.5. The van der Waals surface area contributed by atoms with Gasteiger partial charge in [0.2, 0.25) is 5.88 Å². The molecule has 2 aromatic rings. The fraction of sp³-hybridized carbons (Fsp3) is 0.333. The molecule has 0 bridgehead atoms. The molecule has 0 fully saturated rings. The number of nitrogens with zero attached hydrogens (tertiary/aromatic N) is 2. The Labute approximate surface area is 135 Å². The summed E-state index contributed by atoms with van der Waals surface area (Å²) in [5.41, 5.74) is 2.99. The van der Waals surface area contributed by atoms with Gasteiger partial charge < -0.3 is 14.4 Å². The molecular formula is C18H20N2O3. The summed E-state index contributed by atoms with van der Waals surface area (Å²) in [5.74, 6) is 0.233. The maximum Gasteiger partial charge on any atom is 0.259 e. The Morgan fingerprint density at radius 3 is 2.87 bits per heavy atom. The van der Waals surface area contributed by atoms with Gasteiger partial charge in [0.05, 0.1) is 19.8 Å². The number of amides is 1. The zero-order valence-electron chi connectivity index (χ0n) is 13.4. The van der Waals surface area contributed by atoms with Crippen molar-refractivity contribution in [1.29, 1.82) is 0 Å². The quantitative estimate of drug-likeness (QED) is 0.869. The molecule has 0 saturated carbocycles. The minimum atomic E-state index is -0.114. The van der Waals surface area contributed by atoms with Crippen LogP contribution in [0.5, 0.6) is 5.88 Å². The van der Waals surface area contributed by atoms with Crippen LogP contribution in [0.2, 0.25) is 0 Å². The Hall–Kier alpha value is -2.40. The van der Waals surface area contributed by atoms with Crippen molar-refractivity contribution in [2.24, 2.45) is 0 Å². The molecular weight excluding hydrogens is 292 g/mol. The van der Waals surface area contributed by atoms with Gasteiger partial charge in [0.25, 0.3) is 5.91 Å². The van der Waals surface area contributed by atoms with E-state index in [1.165, 1.54) is 18.2 Å². The lowest BCUT2D eigenvalue weighted by atomic mass is 9.99. The van der Waals surface area contributed by atoms with Crippen LogP contribution >= 0.6 is 0 Å². The van der Waals surface area contributed by atoms with Crippen LogP contribution in [-0.2, 0) is 17.8 Å². The van der Waals surface area contributed by atoms with E-state index in [1.807, 2.05) is 12.1 Å². The predicted molar refractivity (Wildman–Crippen MR) is 86.5 cm³/mol. The number of fused-ring (bicyclic) bond motifs is 1. The third kappa shape index (κ3) is 3.35. The highest BCUT2D eigenvalue weighted by Crippen LogP contribution is 2.22. The van der Waals surface area contributed by atoms with Crippen molar-refractivity contribution < 1.29 is 14.3 Å². The van der Waals surface area contributed by atoms with Crippen molar-refractivity contribution in [2.45, 2.75) is 19.1 Å². The molecule has 1 aliphatic heterocycles. The van der Waals surface area contributed by atoms with Crippen LogP contribution in [0.15, 0.2) is 42.6 Å². The van der Waals surface area contributed by atoms with Gasteiger partial charge in [-0.3, -0.25) is 4.79 Å². The molecule has 2 heterocycles. The smallest absolute Gasteiger partial charge is 0.259 e. The summed E-state index contributed by atoms with van der Waals surface area (Å²) in [4.78, 5) is 18.3. The highest BCUT2D eigenvalue weighted by molar-refractivity contribution is 5.96. The Bertz CT molecular complexity index is 702. The van der Waals surface area contributed by atoms with E-state index < -0.39 is 0 Å². The van der Waals surface area contributed by atoms with E-state index in [-0.39, 0.29) is 12.0 Å². The van der Waals surface area contributed by atoms with Gasteiger partial charge in [-0.1, -0.05) is 24.3 Å². The first-order valence-corrected chi connectivity index (χ1v) is 7.62. The lowest BCUT2D eigenvalue weighted by molar-refractivity contribution is 0.00977. The number of carbonyl (C=O) groups is 1. The van der Waals surface area contributed by atoms with E-state index in [0.29, 0.717) is 24.6 Å². The van der Waals surface area contributed by atoms with Crippen molar-refractivity contribution in [2.75, 3.05) is 20.7 Å². The van der Waals surface area contributed by atoms with Crippen LogP contribution in [0.1, 0.15) is 21.5 Å². The molecule has 120 valence electrons. The van der Waals surface area contributed by atoms with Gasteiger partial charge >= 0.3 is 0 Å². The number of aromatic nitrogens is 1. The molecule has 5 heteroatoms. The van der Waals surface area contributed by atoms with Crippen LogP contribution in [-0.4, -0.2) is 42.6 Å². The second kappa shape index (κ2) is 6.79. The van der Waals surface area contributed by atoms with Gasteiger partial charge in [0.1, 0.15) is 5.56 Å². The first-order chi connectivity index (χ1) is 11.2. The van der Waals surface area contributed by atoms with E-state index in [4.69, 9.17) is 9.47 Å². The number of likely N-dealkylation sites (N-methyl/N-ethyl adjacent to an activating group) is 1. The van der Waals surface area contributed by atoms with Gasteiger partial charge in [-0.25, -0.2) is 4.98 Å². The molecule has 0 radical (unpaired) electrons. The van der Waals surface area contributed by atoms with E-state index in [9.17, 15) is 4.79 Å². The molecule has 0 saturated heterocycles. The lowest BCUT2D eigenvalue weighted by Gasteiger charge is -2.29. The number of hydrogen-bond donors (Lipinski definition) is 0. The average Bonchev–Trinajstić information content (AvgIpc) is 2.60. The normalized spacial score (nSPS) is 16.5. The molecule has 1 unspecified atom stereocenters. The minimum absolute atomic E-state index is 0.00140. The molecule has 1 atom stereocenters. The van der Waals surface area contributed by atoms with Crippen molar-refractivity contribution in [3.05, 3.63) is 59.3 Å².